The second-order valence-corrected chi connectivity index (χ2v) is 6.30. The lowest BCUT2D eigenvalue weighted by molar-refractivity contribution is -0.119. The van der Waals surface area contributed by atoms with Gasteiger partial charge in [-0.3, -0.25) is 4.79 Å². The smallest absolute Gasteiger partial charge is 0.266 e. The third-order valence-corrected chi connectivity index (χ3v) is 4.85. The lowest BCUT2D eigenvalue weighted by atomic mass is 9.88. The normalized spacial score (nSPS) is 16.5. The van der Waals surface area contributed by atoms with Crippen LogP contribution in [0.3, 0.4) is 0 Å². The van der Waals surface area contributed by atoms with Gasteiger partial charge in [-0.2, -0.15) is 0 Å². The van der Waals surface area contributed by atoms with Crippen LogP contribution in [0.1, 0.15) is 36.0 Å². The van der Waals surface area contributed by atoms with Crippen LogP contribution in [0.25, 0.3) is 11.1 Å². The van der Waals surface area contributed by atoms with E-state index in [9.17, 15) is 18.0 Å². The predicted octanol–water partition coefficient (Wildman–Crippen LogP) is 4.66. The molecule has 0 atom stereocenters. The first kappa shape index (κ1) is 15.2. The van der Waals surface area contributed by atoms with Crippen LogP contribution in [0.5, 0.6) is 0 Å². The zero-order valence-corrected chi connectivity index (χ0v) is 13.0. The summed E-state index contributed by atoms with van der Waals surface area (Å²) in [5.74, 6) is -0.735. The molecule has 0 bridgehead atoms. The Labute approximate surface area is 137 Å². The maximum atomic E-state index is 14.5. The molecule has 0 N–H and O–H groups in total. The summed E-state index contributed by atoms with van der Waals surface area (Å²) >= 11 is 0. The third kappa shape index (κ3) is 2.30. The molecule has 0 aromatic heterocycles. The van der Waals surface area contributed by atoms with E-state index in [1.807, 2.05) is 17.0 Å². The molecule has 0 saturated carbocycles. The van der Waals surface area contributed by atoms with E-state index >= 15 is 0 Å². The van der Waals surface area contributed by atoms with Crippen molar-refractivity contribution in [3.63, 3.8) is 0 Å². The van der Waals surface area contributed by atoms with Crippen molar-refractivity contribution >= 4 is 11.6 Å². The second-order valence-electron chi connectivity index (χ2n) is 6.30. The summed E-state index contributed by atoms with van der Waals surface area (Å²) in [7, 11) is 0. The highest BCUT2D eigenvalue weighted by atomic mass is 19.3. The number of hydrogen-bond acceptors (Lipinski definition) is 1. The SMILES string of the molecule is O=C1CCc2cc(-c3cccc(C(F)F)c3F)cc3c2N1CCC3. The van der Waals surface area contributed by atoms with Crippen LogP contribution in [0.4, 0.5) is 18.9 Å². The molecule has 2 aromatic carbocycles. The minimum Gasteiger partial charge on any atom is -0.312 e. The highest BCUT2D eigenvalue weighted by Crippen LogP contribution is 2.40. The Bertz CT molecular complexity index is 814. The van der Waals surface area contributed by atoms with Crippen molar-refractivity contribution in [3.8, 4) is 11.1 Å². The summed E-state index contributed by atoms with van der Waals surface area (Å²) < 4.78 is 40.4. The zero-order chi connectivity index (χ0) is 16.8. The number of benzene rings is 2. The Kier molecular flexibility index (Phi) is 3.59. The molecule has 0 spiro atoms. The number of alkyl halides is 2. The molecular weight excluding hydrogens is 315 g/mol. The summed E-state index contributed by atoms with van der Waals surface area (Å²) in [6, 6.07) is 7.80. The predicted molar refractivity (Wildman–Crippen MR) is 85.8 cm³/mol. The minimum atomic E-state index is -2.84. The van der Waals surface area contributed by atoms with E-state index in [0.29, 0.717) is 24.9 Å². The van der Waals surface area contributed by atoms with Crippen molar-refractivity contribution < 1.29 is 18.0 Å². The van der Waals surface area contributed by atoms with Gasteiger partial charge in [0.1, 0.15) is 5.82 Å². The molecule has 2 heterocycles. The summed E-state index contributed by atoms with van der Waals surface area (Å²) in [6.07, 6.45) is -0.108. The first-order chi connectivity index (χ1) is 11.6. The largest absolute Gasteiger partial charge is 0.312 e. The van der Waals surface area contributed by atoms with Crippen LogP contribution in [-0.2, 0) is 17.6 Å². The van der Waals surface area contributed by atoms with Crippen LogP contribution in [0.2, 0.25) is 0 Å². The first-order valence-electron chi connectivity index (χ1n) is 8.09. The van der Waals surface area contributed by atoms with E-state index in [4.69, 9.17) is 0 Å². The van der Waals surface area contributed by atoms with Gasteiger partial charge in [0.05, 0.1) is 11.3 Å². The Morgan fingerprint density at radius 2 is 1.79 bits per heavy atom. The van der Waals surface area contributed by atoms with Gasteiger partial charge in [-0.1, -0.05) is 18.2 Å². The second kappa shape index (κ2) is 5.65. The Balaban J connectivity index is 1.88. The van der Waals surface area contributed by atoms with Crippen LogP contribution < -0.4 is 4.90 Å². The molecule has 0 saturated heterocycles. The third-order valence-electron chi connectivity index (χ3n) is 4.85. The van der Waals surface area contributed by atoms with Crippen molar-refractivity contribution in [2.24, 2.45) is 0 Å². The maximum absolute atomic E-state index is 14.5. The van der Waals surface area contributed by atoms with Gasteiger partial charge in [0.15, 0.2) is 0 Å². The molecule has 0 radical (unpaired) electrons. The van der Waals surface area contributed by atoms with Crippen molar-refractivity contribution in [3.05, 3.63) is 52.8 Å². The zero-order valence-electron chi connectivity index (χ0n) is 13.0. The molecule has 5 heteroatoms. The molecule has 124 valence electrons. The van der Waals surface area contributed by atoms with Gasteiger partial charge in [-0.15, -0.1) is 0 Å². The van der Waals surface area contributed by atoms with Crippen LogP contribution in [-0.4, -0.2) is 12.5 Å². The molecule has 2 nitrogen and oxygen atoms in total. The Hall–Kier alpha value is -2.30. The monoisotopic (exact) mass is 331 g/mol. The standard InChI is InChI=1S/C19H16F3NO/c20-17-14(4-1-5-15(17)19(21)22)13-9-11-3-2-8-23-16(24)7-6-12(10-13)18(11)23/h1,4-5,9-10,19H,2-3,6-8H2. The number of carbonyl (C=O) groups excluding carboxylic acids is 1. The lowest BCUT2D eigenvalue weighted by Gasteiger charge is -2.35. The topological polar surface area (TPSA) is 20.3 Å². The van der Waals surface area contributed by atoms with E-state index in [1.165, 1.54) is 12.1 Å². The fourth-order valence-electron chi connectivity index (χ4n) is 3.75. The molecule has 2 aliphatic heterocycles. The number of halogens is 3. The summed E-state index contributed by atoms with van der Waals surface area (Å²) in [5, 5.41) is 0. The van der Waals surface area contributed by atoms with Crippen molar-refractivity contribution in [2.75, 3.05) is 11.4 Å². The highest BCUT2D eigenvalue weighted by molar-refractivity contribution is 5.98. The summed E-state index contributed by atoms with van der Waals surface area (Å²) in [5.41, 5.74) is 3.19. The fourth-order valence-corrected chi connectivity index (χ4v) is 3.75. The van der Waals surface area contributed by atoms with E-state index in [0.717, 1.165) is 35.7 Å². The van der Waals surface area contributed by atoms with Gasteiger partial charge in [0.2, 0.25) is 5.91 Å². The van der Waals surface area contributed by atoms with Gasteiger partial charge in [-0.05, 0) is 48.1 Å². The summed E-state index contributed by atoms with van der Waals surface area (Å²) in [6.45, 7) is 0.716. The first-order valence-corrected chi connectivity index (χ1v) is 8.09. The number of anilines is 1. The average molecular weight is 331 g/mol. The van der Waals surface area contributed by atoms with E-state index in [2.05, 4.69) is 0 Å². The van der Waals surface area contributed by atoms with Gasteiger partial charge in [0.25, 0.3) is 6.43 Å². The van der Waals surface area contributed by atoms with Crippen LogP contribution >= 0.6 is 0 Å². The van der Waals surface area contributed by atoms with Crippen molar-refractivity contribution in [2.45, 2.75) is 32.1 Å². The number of hydrogen-bond donors (Lipinski definition) is 0. The minimum absolute atomic E-state index is 0.127. The number of rotatable bonds is 2. The maximum Gasteiger partial charge on any atom is 0.266 e. The molecule has 2 aliphatic rings. The lowest BCUT2D eigenvalue weighted by Crippen LogP contribution is -2.39. The van der Waals surface area contributed by atoms with Crippen molar-refractivity contribution in [1.82, 2.24) is 0 Å². The van der Waals surface area contributed by atoms with E-state index in [-0.39, 0.29) is 11.5 Å². The fraction of sp³-hybridized carbons (Fsp3) is 0.316. The molecular formula is C19H16F3NO. The quantitative estimate of drug-likeness (QED) is 0.784. The molecule has 0 fully saturated rings. The summed E-state index contributed by atoms with van der Waals surface area (Å²) in [4.78, 5) is 13.9. The number of aryl methyl sites for hydroxylation is 2. The Morgan fingerprint density at radius 1 is 1.04 bits per heavy atom. The molecule has 0 unspecified atom stereocenters. The Morgan fingerprint density at radius 3 is 2.54 bits per heavy atom. The van der Waals surface area contributed by atoms with E-state index < -0.39 is 17.8 Å². The van der Waals surface area contributed by atoms with Gasteiger partial charge >= 0.3 is 0 Å². The molecule has 2 aromatic rings. The van der Waals surface area contributed by atoms with Gasteiger partial charge in [-0.25, -0.2) is 13.2 Å². The number of carbonyl (C=O) groups is 1. The molecule has 24 heavy (non-hydrogen) atoms. The van der Waals surface area contributed by atoms with Crippen LogP contribution in [0, 0.1) is 5.82 Å². The van der Waals surface area contributed by atoms with Gasteiger partial charge in [0, 0.05) is 18.5 Å². The molecule has 4 rings (SSSR count). The number of amides is 1. The molecule has 1 amide bonds. The van der Waals surface area contributed by atoms with Crippen LogP contribution in [0.15, 0.2) is 30.3 Å². The van der Waals surface area contributed by atoms with Gasteiger partial charge < -0.3 is 4.90 Å². The highest BCUT2D eigenvalue weighted by Gasteiger charge is 2.30. The molecule has 0 aliphatic carbocycles. The van der Waals surface area contributed by atoms with Crippen molar-refractivity contribution in [1.29, 1.82) is 0 Å². The average Bonchev–Trinajstić information content (AvgIpc) is 2.58. The van der Waals surface area contributed by atoms with E-state index in [1.54, 1.807) is 0 Å². The number of nitrogens with zero attached hydrogens (tertiary/aromatic N) is 1.